The number of carbonyl (C=O) groups excluding carboxylic acids is 1. The van der Waals surface area contributed by atoms with Crippen LogP contribution in [0.4, 0.5) is 0 Å². The highest BCUT2D eigenvalue weighted by atomic mass is 32.1. The van der Waals surface area contributed by atoms with E-state index >= 15 is 0 Å². The quantitative estimate of drug-likeness (QED) is 0.443. The topological polar surface area (TPSA) is 54.3 Å². The van der Waals surface area contributed by atoms with E-state index in [9.17, 15) is 9.59 Å². The molecule has 4 rings (SSSR count). The van der Waals surface area contributed by atoms with Crippen molar-refractivity contribution in [1.29, 1.82) is 0 Å². The molecule has 0 aliphatic heterocycles. The summed E-state index contributed by atoms with van der Waals surface area (Å²) < 4.78 is 2.41. The molecule has 1 aromatic heterocycles. The van der Waals surface area contributed by atoms with Gasteiger partial charge in [0.1, 0.15) is 6.54 Å². The lowest BCUT2D eigenvalue weighted by atomic mass is 10.2. The number of nitrogens with one attached hydrogen (secondary N) is 1. The van der Waals surface area contributed by atoms with Gasteiger partial charge in [-0.3, -0.25) is 18.4 Å². The lowest BCUT2D eigenvalue weighted by Crippen LogP contribution is -2.39. The van der Waals surface area contributed by atoms with Crippen LogP contribution >= 0.6 is 11.5 Å². The fraction of sp³-hybridized carbons (Fsp3) is 0.167. The highest BCUT2D eigenvalue weighted by molar-refractivity contribution is 7.13. The lowest BCUT2D eigenvalue weighted by Gasteiger charge is -2.23. The largest absolute Gasteiger partial charge is 0.342 e. The van der Waals surface area contributed by atoms with Gasteiger partial charge in [0.05, 0.1) is 16.8 Å². The molecule has 3 aromatic carbocycles. The van der Waals surface area contributed by atoms with Crippen molar-refractivity contribution < 1.29 is 4.79 Å². The van der Waals surface area contributed by atoms with Crippen molar-refractivity contribution in [1.82, 2.24) is 14.2 Å². The van der Waals surface area contributed by atoms with Crippen LogP contribution in [0.2, 0.25) is 0 Å². The Morgan fingerprint density at radius 2 is 1.40 bits per heavy atom. The van der Waals surface area contributed by atoms with Gasteiger partial charge >= 0.3 is 0 Å². The summed E-state index contributed by atoms with van der Waals surface area (Å²) in [5.41, 5.74) is 2.25. The second-order valence-electron chi connectivity index (χ2n) is 7.15. The van der Waals surface area contributed by atoms with Crippen LogP contribution in [0, 0.1) is 0 Å². The first-order valence-corrected chi connectivity index (χ1v) is 10.6. The van der Waals surface area contributed by atoms with Crippen LogP contribution in [0.25, 0.3) is 10.1 Å². The molecule has 0 atom stereocenters. The Labute approximate surface area is 179 Å². The molecule has 1 N–H and O–H groups in total. The number of fused-ring (bicyclic) bond motifs is 1. The smallest absolute Gasteiger partial charge is 0.268 e. The maximum absolute atomic E-state index is 12.6. The van der Waals surface area contributed by atoms with Crippen LogP contribution < -0.4 is 10.9 Å². The van der Waals surface area contributed by atoms with E-state index in [1.165, 1.54) is 26.6 Å². The zero-order valence-electron chi connectivity index (χ0n) is 16.5. The van der Waals surface area contributed by atoms with Crippen molar-refractivity contribution in [3.8, 4) is 0 Å². The van der Waals surface area contributed by atoms with Gasteiger partial charge in [-0.15, -0.1) is 0 Å². The van der Waals surface area contributed by atoms with Crippen LogP contribution in [0.5, 0.6) is 0 Å². The van der Waals surface area contributed by atoms with Crippen LogP contribution in [0.1, 0.15) is 11.1 Å². The van der Waals surface area contributed by atoms with Gasteiger partial charge in [0.15, 0.2) is 0 Å². The standard InChI is InChI=1S/C24H23N3O2S/c28-23(17-27-24(29)21-13-7-8-14-22(21)30-27)25-18-26(15-19-9-3-1-4-10-19)16-20-11-5-2-6-12-20/h1-14H,15-18H2,(H,25,28). The Hall–Kier alpha value is -3.22. The van der Waals surface area contributed by atoms with E-state index in [1.54, 1.807) is 6.07 Å². The van der Waals surface area contributed by atoms with Crippen molar-refractivity contribution in [2.75, 3.05) is 6.67 Å². The summed E-state index contributed by atoms with van der Waals surface area (Å²) in [6, 6.07) is 27.8. The summed E-state index contributed by atoms with van der Waals surface area (Å²) in [6.07, 6.45) is 0. The average molecular weight is 418 g/mol. The Kier molecular flexibility index (Phi) is 6.37. The van der Waals surface area contributed by atoms with Gasteiger partial charge in [-0.05, 0) is 23.3 Å². The third-order valence-electron chi connectivity index (χ3n) is 4.84. The number of carbonyl (C=O) groups is 1. The zero-order chi connectivity index (χ0) is 20.8. The van der Waals surface area contributed by atoms with Gasteiger partial charge in [0, 0.05) is 13.1 Å². The third-order valence-corrected chi connectivity index (χ3v) is 5.91. The number of amides is 1. The van der Waals surface area contributed by atoms with E-state index < -0.39 is 0 Å². The van der Waals surface area contributed by atoms with Crippen LogP contribution in [-0.2, 0) is 24.4 Å². The molecule has 4 aromatic rings. The molecule has 152 valence electrons. The Morgan fingerprint density at radius 1 is 0.833 bits per heavy atom. The van der Waals surface area contributed by atoms with Gasteiger partial charge < -0.3 is 5.32 Å². The second kappa shape index (κ2) is 9.52. The van der Waals surface area contributed by atoms with Crippen LogP contribution in [0.15, 0.2) is 89.7 Å². The normalized spacial score (nSPS) is 11.1. The third kappa shape index (κ3) is 5.03. The molecule has 0 saturated carbocycles. The van der Waals surface area contributed by atoms with Gasteiger partial charge in [0.25, 0.3) is 5.56 Å². The van der Waals surface area contributed by atoms with Gasteiger partial charge in [-0.25, -0.2) is 0 Å². The maximum atomic E-state index is 12.6. The monoisotopic (exact) mass is 417 g/mol. The Bertz CT molecular complexity index is 1130. The molecule has 0 spiro atoms. The first kappa shape index (κ1) is 20.1. The van der Waals surface area contributed by atoms with Crippen molar-refractivity contribution >= 4 is 27.5 Å². The fourth-order valence-electron chi connectivity index (χ4n) is 3.36. The number of aromatic nitrogens is 1. The van der Waals surface area contributed by atoms with Crippen molar-refractivity contribution in [3.05, 3.63) is 106 Å². The molecule has 0 aliphatic rings. The molecule has 0 aliphatic carbocycles. The number of rotatable bonds is 8. The summed E-state index contributed by atoms with van der Waals surface area (Å²) in [6.45, 7) is 1.88. The molecule has 1 heterocycles. The van der Waals surface area contributed by atoms with Crippen molar-refractivity contribution in [2.45, 2.75) is 19.6 Å². The zero-order valence-corrected chi connectivity index (χ0v) is 17.3. The number of hydrogen-bond acceptors (Lipinski definition) is 4. The lowest BCUT2D eigenvalue weighted by molar-refractivity contribution is -0.122. The van der Waals surface area contributed by atoms with E-state index in [2.05, 4.69) is 34.5 Å². The van der Waals surface area contributed by atoms with Gasteiger partial charge in [0.2, 0.25) is 5.91 Å². The van der Waals surface area contributed by atoms with Crippen molar-refractivity contribution in [2.24, 2.45) is 0 Å². The second-order valence-corrected chi connectivity index (χ2v) is 8.21. The summed E-state index contributed by atoms with van der Waals surface area (Å²) in [4.78, 5) is 27.2. The first-order chi connectivity index (χ1) is 14.7. The highest BCUT2D eigenvalue weighted by Gasteiger charge is 2.13. The first-order valence-electron chi connectivity index (χ1n) is 9.85. The maximum Gasteiger partial charge on any atom is 0.268 e. The molecule has 30 heavy (non-hydrogen) atoms. The van der Waals surface area contributed by atoms with Gasteiger partial charge in [-0.1, -0.05) is 84.3 Å². The number of benzene rings is 3. The summed E-state index contributed by atoms with van der Waals surface area (Å²) in [5.74, 6) is -0.172. The molecule has 5 nitrogen and oxygen atoms in total. The minimum absolute atomic E-state index is 0.0305. The molecule has 0 bridgehead atoms. The molecule has 6 heteroatoms. The van der Waals surface area contributed by atoms with Crippen LogP contribution in [-0.4, -0.2) is 21.4 Å². The predicted octanol–water partition coefficient (Wildman–Crippen LogP) is 3.84. The molecule has 0 radical (unpaired) electrons. The fourth-order valence-corrected chi connectivity index (χ4v) is 4.35. The minimum Gasteiger partial charge on any atom is -0.342 e. The van der Waals surface area contributed by atoms with E-state index in [-0.39, 0.29) is 18.0 Å². The summed E-state index contributed by atoms with van der Waals surface area (Å²) in [7, 11) is 0. The number of nitrogens with zero attached hydrogens (tertiary/aromatic N) is 2. The molecule has 1 amide bonds. The molecule has 0 fully saturated rings. The minimum atomic E-state index is -0.172. The molecular formula is C24H23N3O2S. The predicted molar refractivity (Wildman–Crippen MR) is 121 cm³/mol. The van der Waals surface area contributed by atoms with Crippen LogP contribution in [0.3, 0.4) is 0 Å². The summed E-state index contributed by atoms with van der Waals surface area (Å²) in [5, 5.41) is 3.63. The number of hydrogen-bond donors (Lipinski definition) is 1. The molecule has 0 unspecified atom stereocenters. The SMILES string of the molecule is O=C(Cn1sc2ccccc2c1=O)NCN(Cc1ccccc1)Cc1ccccc1. The molecule has 0 saturated heterocycles. The van der Waals surface area contributed by atoms with Crippen molar-refractivity contribution in [3.63, 3.8) is 0 Å². The Morgan fingerprint density at radius 3 is 2.00 bits per heavy atom. The van der Waals surface area contributed by atoms with E-state index in [0.29, 0.717) is 12.1 Å². The summed E-state index contributed by atoms with van der Waals surface area (Å²) >= 11 is 1.32. The van der Waals surface area contributed by atoms with E-state index in [1.807, 2.05) is 54.6 Å². The average Bonchev–Trinajstić information content (AvgIpc) is 3.09. The highest BCUT2D eigenvalue weighted by Crippen LogP contribution is 2.15. The molecular weight excluding hydrogens is 394 g/mol. The van der Waals surface area contributed by atoms with E-state index in [0.717, 1.165) is 17.8 Å². The Balaban J connectivity index is 1.42. The van der Waals surface area contributed by atoms with Gasteiger partial charge in [-0.2, -0.15) is 0 Å². The van der Waals surface area contributed by atoms with E-state index in [4.69, 9.17) is 0 Å².